The highest BCUT2D eigenvalue weighted by Gasteiger charge is 1.97. The lowest BCUT2D eigenvalue weighted by molar-refractivity contribution is -0.0232. The quantitative estimate of drug-likeness (QED) is 0.0670. The molecule has 0 aliphatic carbocycles. The minimum Gasteiger partial charge on any atom is -0.379 e. The fraction of sp³-hybridized carbons (Fsp3) is 1.00. The molecule has 0 atom stereocenters. The van der Waals surface area contributed by atoms with E-state index in [0.717, 1.165) is 26.1 Å². The average Bonchev–Trinajstić information content (AvgIpc) is 3.00. The molecule has 0 unspecified atom stereocenters. The van der Waals surface area contributed by atoms with Crippen LogP contribution in [0.15, 0.2) is 0 Å². The van der Waals surface area contributed by atoms with E-state index in [1.165, 1.54) is 89.9 Å². The van der Waals surface area contributed by atoms with Crippen LogP contribution in [0.25, 0.3) is 0 Å². The molecule has 0 aromatic heterocycles. The number of ether oxygens (including phenoxy) is 8. The summed E-state index contributed by atoms with van der Waals surface area (Å²) in [4.78, 5) is 0. The van der Waals surface area contributed by atoms with E-state index in [2.05, 4.69) is 13.8 Å². The van der Waals surface area contributed by atoms with Gasteiger partial charge in [0.1, 0.15) is 0 Å². The maximum atomic E-state index is 5.62. The number of unbranched alkanes of at least 4 members (excludes halogenated alkanes) is 14. The van der Waals surface area contributed by atoms with Gasteiger partial charge in [0.25, 0.3) is 0 Å². The molecule has 0 fully saturated rings. The van der Waals surface area contributed by atoms with E-state index in [9.17, 15) is 0 Å². The first-order chi connectivity index (χ1) is 20.9. The summed E-state index contributed by atoms with van der Waals surface area (Å²) in [6, 6.07) is 0. The zero-order valence-electron chi connectivity index (χ0n) is 27.9. The van der Waals surface area contributed by atoms with E-state index in [1.54, 1.807) is 0 Å². The van der Waals surface area contributed by atoms with Gasteiger partial charge in [0.05, 0.1) is 92.5 Å². The number of rotatable bonds is 39. The summed E-state index contributed by atoms with van der Waals surface area (Å²) in [6.07, 6.45) is 21.2. The highest BCUT2D eigenvalue weighted by Crippen LogP contribution is 2.09. The summed E-state index contributed by atoms with van der Waals surface area (Å²) in [6.45, 7) is 14.4. The molecule has 0 bridgehead atoms. The summed E-state index contributed by atoms with van der Waals surface area (Å²) in [5.41, 5.74) is 0. The van der Waals surface area contributed by atoms with Crippen LogP contribution < -0.4 is 0 Å². The molecule has 0 radical (unpaired) electrons. The molecule has 42 heavy (non-hydrogen) atoms. The lowest BCUT2D eigenvalue weighted by Crippen LogP contribution is -2.15. The lowest BCUT2D eigenvalue weighted by Gasteiger charge is -2.09. The van der Waals surface area contributed by atoms with Crippen LogP contribution in [-0.2, 0) is 37.9 Å². The van der Waals surface area contributed by atoms with Crippen LogP contribution in [-0.4, -0.2) is 106 Å². The van der Waals surface area contributed by atoms with Crippen LogP contribution in [0, 0.1) is 0 Å². The van der Waals surface area contributed by atoms with Gasteiger partial charge in [0, 0.05) is 13.2 Å². The third-order valence-electron chi connectivity index (χ3n) is 6.89. The number of hydrogen-bond acceptors (Lipinski definition) is 8. The minimum atomic E-state index is 0.554. The monoisotopic (exact) mass is 607 g/mol. The maximum absolute atomic E-state index is 5.62. The Labute approximate surface area is 260 Å². The topological polar surface area (TPSA) is 73.8 Å². The van der Waals surface area contributed by atoms with Gasteiger partial charge in [0.2, 0.25) is 0 Å². The minimum absolute atomic E-state index is 0.554. The zero-order chi connectivity index (χ0) is 30.3. The van der Waals surface area contributed by atoms with E-state index in [4.69, 9.17) is 37.9 Å². The predicted octanol–water partition coefficient (Wildman–Crippen LogP) is 7.40. The van der Waals surface area contributed by atoms with Gasteiger partial charge >= 0.3 is 0 Å². The van der Waals surface area contributed by atoms with Crippen LogP contribution in [0.1, 0.15) is 117 Å². The highest BCUT2D eigenvalue weighted by atomic mass is 16.6. The van der Waals surface area contributed by atoms with Crippen molar-refractivity contribution in [2.24, 2.45) is 0 Å². The van der Waals surface area contributed by atoms with E-state index < -0.39 is 0 Å². The average molecular weight is 607 g/mol. The predicted molar refractivity (Wildman–Crippen MR) is 172 cm³/mol. The van der Waals surface area contributed by atoms with Crippen molar-refractivity contribution in [1.82, 2.24) is 0 Å². The van der Waals surface area contributed by atoms with Crippen molar-refractivity contribution in [2.45, 2.75) is 117 Å². The van der Waals surface area contributed by atoms with Gasteiger partial charge in [-0.15, -0.1) is 0 Å². The third-order valence-corrected chi connectivity index (χ3v) is 6.89. The third kappa shape index (κ3) is 39.7. The molecule has 0 saturated heterocycles. The Morgan fingerprint density at radius 3 is 0.571 bits per heavy atom. The molecule has 8 nitrogen and oxygen atoms in total. The molecule has 254 valence electrons. The summed E-state index contributed by atoms with van der Waals surface area (Å²) in [5, 5.41) is 0. The normalized spacial score (nSPS) is 11.6. The molecule has 0 rings (SSSR count). The fourth-order valence-electron chi connectivity index (χ4n) is 4.32. The molecular weight excluding hydrogens is 536 g/mol. The summed E-state index contributed by atoms with van der Waals surface area (Å²) >= 11 is 0. The molecule has 0 amide bonds. The molecule has 0 saturated carbocycles. The van der Waals surface area contributed by atoms with Gasteiger partial charge < -0.3 is 37.9 Å². The van der Waals surface area contributed by atoms with Crippen LogP contribution >= 0.6 is 0 Å². The Kier molecular flexibility index (Phi) is 40.4. The van der Waals surface area contributed by atoms with E-state index in [-0.39, 0.29) is 0 Å². The van der Waals surface area contributed by atoms with Crippen molar-refractivity contribution >= 4 is 0 Å². The largest absolute Gasteiger partial charge is 0.379 e. The molecular formula is C34H70O8. The van der Waals surface area contributed by atoms with Gasteiger partial charge in [-0.3, -0.25) is 0 Å². The molecule has 0 aliphatic rings. The second kappa shape index (κ2) is 40.7. The van der Waals surface area contributed by atoms with Gasteiger partial charge in [0.15, 0.2) is 0 Å². The Balaban J connectivity index is 3.02. The van der Waals surface area contributed by atoms with E-state index in [0.29, 0.717) is 92.5 Å². The first-order valence-corrected chi connectivity index (χ1v) is 17.5. The fourth-order valence-corrected chi connectivity index (χ4v) is 4.32. The van der Waals surface area contributed by atoms with Gasteiger partial charge in [-0.1, -0.05) is 104 Å². The van der Waals surface area contributed by atoms with Crippen LogP contribution in [0.4, 0.5) is 0 Å². The van der Waals surface area contributed by atoms with Crippen molar-refractivity contribution in [3.8, 4) is 0 Å². The van der Waals surface area contributed by atoms with Crippen molar-refractivity contribution in [3.05, 3.63) is 0 Å². The number of hydrogen-bond donors (Lipinski definition) is 0. The second-order valence-electron chi connectivity index (χ2n) is 10.8. The van der Waals surface area contributed by atoms with Crippen molar-refractivity contribution in [1.29, 1.82) is 0 Å². The Morgan fingerprint density at radius 2 is 0.357 bits per heavy atom. The highest BCUT2D eigenvalue weighted by molar-refractivity contribution is 4.47. The Hall–Kier alpha value is -0.320. The van der Waals surface area contributed by atoms with Crippen molar-refractivity contribution in [2.75, 3.05) is 106 Å². The smallest absolute Gasteiger partial charge is 0.0701 e. The first kappa shape index (κ1) is 41.7. The van der Waals surface area contributed by atoms with Crippen LogP contribution in [0.2, 0.25) is 0 Å². The summed E-state index contributed by atoms with van der Waals surface area (Å²) < 4.78 is 44.4. The second-order valence-corrected chi connectivity index (χ2v) is 10.8. The summed E-state index contributed by atoms with van der Waals surface area (Å²) in [7, 11) is 0. The lowest BCUT2D eigenvalue weighted by atomic mass is 10.1. The molecule has 0 heterocycles. The molecule has 0 aliphatic heterocycles. The van der Waals surface area contributed by atoms with Gasteiger partial charge in [-0.25, -0.2) is 0 Å². The first-order valence-electron chi connectivity index (χ1n) is 17.5. The maximum Gasteiger partial charge on any atom is 0.0701 e. The van der Waals surface area contributed by atoms with E-state index in [1.807, 2.05) is 0 Å². The molecule has 8 heteroatoms. The molecule has 0 spiro atoms. The standard InChI is InChI=1S/C34H70O8/c1-3-5-7-9-11-13-15-17-19-35-21-23-37-25-27-39-29-31-41-33-34-42-32-30-40-28-26-38-24-22-36-20-18-16-14-12-10-8-6-4-2/h3-34H2,1-2H3. The van der Waals surface area contributed by atoms with Crippen molar-refractivity contribution in [3.63, 3.8) is 0 Å². The van der Waals surface area contributed by atoms with Crippen LogP contribution in [0.3, 0.4) is 0 Å². The zero-order valence-corrected chi connectivity index (χ0v) is 27.9. The molecule has 0 aromatic rings. The molecule has 0 aromatic carbocycles. The van der Waals surface area contributed by atoms with Crippen molar-refractivity contribution < 1.29 is 37.9 Å². The van der Waals surface area contributed by atoms with Crippen LogP contribution in [0.5, 0.6) is 0 Å². The molecule has 0 N–H and O–H groups in total. The van der Waals surface area contributed by atoms with Gasteiger partial charge in [-0.2, -0.15) is 0 Å². The Bertz CT molecular complexity index is 415. The SMILES string of the molecule is CCCCCCCCCCOCCOCCOCCOCCOCCOCCOCCOCCCCCCCCCC. The summed E-state index contributed by atoms with van der Waals surface area (Å²) in [5.74, 6) is 0. The van der Waals surface area contributed by atoms with Gasteiger partial charge in [-0.05, 0) is 12.8 Å². The Morgan fingerprint density at radius 1 is 0.190 bits per heavy atom. The van der Waals surface area contributed by atoms with E-state index >= 15 is 0 Å².